The van der Waals surface area contributed by atoms with Gasteiger partial charge in [0.15, 0.2) is 5.03 Å². The average molecular weight is 319 g/mol. The fraction of sp³-hybridized carbons (Fsp3) is 0.667. The zero-order chi connectivity index (χ0) is 15.9. The molecule has 1 atom stereocenters. The van der Waals surface area contributed by atoms with Gasteiger partial charge >= 0.3 is 5.97 Å². The van der Waals surface area contributed by atoms with E-state index in [9.17, 15) is 13.2 Å². The molecule has 0 aliphatic rings. The molecule has 0 fully saturated rings. The minimum absolute atomic E-state index is 0.00162. The predicted molar refractivity (Wildman–Crippen MR) is 75.2 cm³/mol. The summed E-state index contributed by atoms with van der Waals surface area (Å²) in [7, 11) is -3.88. The van der Waals surface area contributed by atoms with Crippen molar-refractivity contribution in [2.75, 3.05) is 19.8 Å². The van der Waals surface area contributed by atoms with E-state index in [0.717, 1.165) is 12.6 Å². The highest BCUT2D eigenvalue weighted by atomic mass is 32.2. The van der Waals surface area contributed by atoms with Crippen molar-refractivity contribution in [3.8, 4) is 0 Å². The Morgan fingerprint density at radius 3 is 2.81 bits per heavy atom. The quantitative estimate of drug-likeness (QED) is 0.562. The Kier molecular flexibility index (Phi) is 6.79. The van der Waals surface area contributed by atoms with Crippen LogP contribution in [-0.4, -0.2) is 49.4 Å². The number of aliphatic hydroxyl groups is 1. The average Bonchev–Trinajstić information content (AvgIpc) is 2.94. The molecule has 21 heavy (non-hydrogen) atoms. The van der Waals surface area contributed by atoms with Gasteiger partial charge in [0.25, 0.3) is 10.0 Å². The van der Waals surface area contributed by atoms with Crippen LogP contribution in [0, 0.1) is 5.92 Å². The normalized spacial score (nSPS) is 13.1. The fourth-order valence-electron chi connectivity index (χ4n) is 1.77. The Bertz CT molecular complexity index is 555. The number of aliphatic hydroxyl groups excluding tert-OH is 1. The molecule has 0 aliphatic heterocycles. The zero-order valence-corrected chi connectivity index (χ0v) is 12.9. The molecule has 1 aromatic rings. The van der Waals surface area contributed by atoms with Gasteiger partial charge in [0.1, 0.15) is 5.56 Å². The van der Waals surface area contributed by atoms with Crippen LogP contribution in [0.1, 0.15) is 37.0 Å². The second kappa shape index (κ2) is 8.11. The SMILES string of the molecule is CCOC(=O)c1cn[nH]c1S(=O)(=O)NCC(CC)CCO. The Balaban J connectivity index is 2.84. The summed E-state index contributed by atoms with van der Waals surface area (Å²) >= 11 is 0. The Hall–Kier alpha value is -1.45. The van der Waals surface area contributed by atoms with Crippen molar-refractivity contribution in [2.45, 2.75) is 31.7 Å². The van der Waals surface area contributed by atoms with Crippen LogP contribution in [-0.2, 0) is 14.8 Å². The number of esters is 1. The first-order chi connectivity index (χ1) is 9.96. The second-order valence-electron chi connectivity index (χ2n) is 4.47. The third-order valence-corrected chi connectivity index (χ3v) is 4.44. The molecule has 9 heteroatoms. The number of H-pyrrole nitrogens is 1. The Labute approximate surface area is 123 Å². The number of aromatic amines is 1. The van der Waals surface area contributed by atoms with Crippen molar-refractivity contribution in [3.05, 3.63) is 11.8 Å². The molecule has 0 radical (unpaired) electrons. The van der Waals surface area contributed by atoms with Crippen LogP contribution in [0.4, 0.5) is 0 Å². The highest BCUT2D eigenvalue weighted by Gasteiger charge is 2.26. The molecule has 0 amide bonds. The molecular formula is C12H21N3O5S. The van der Waals surface area contributed by atoms with Gasteiger partial charge in [-0.3, -0.25) is 5.10 Å². The molecule has 0 bridgehead atoms. The van der Waals surface area contributed by atoms with Crippen molar-refractivity contribution in [2.24, 2.45) is 5.92 Å². The van der Waals surface area contributed by atoms with Crippen molar-refractivity contribution < 1.29 is 23.1 Å². The lowest BCUT2D eigenvalue weighted by molar-refractivity contribution is 0.0522. The van der Waals surface area contributed by atoms with Crippen molar-refractivity contribution in [1.82, 2.24) is 14.9 Å². The van der Waals surface area contributed by atoms with Crippen LogP contribution in [0.5, 0.6) is 0 Å². The van der Waals surface area contributed by atoms with Crippen LogP contribution < -0.4 is 4.72 Å². The van der Waals surface area contributed by atoms with Gasteiger partial charge in [-0.1, -0.05) is 13.3 Å². The summed E-state index contributed by atoms with van der Waals surface area (Å²) in [6, 6.07) is 0. The van der Waals surface area contributed by atoms with Crippen LogP contribution in [0.2, 0.25) is 0 Å². The number of hydrogen-bond donors (Lipinski definition) is 3. The Morgan fingerprint density at radius 2 is 2.24 bits per heavy atom. The van der Waals surface area contributed by atoms with Gasteiger partial charge in [0.05, 0.1) is 12.8 Å². The van der Waals surface area contributed by atoms with Gasteiger partial charge in [-0.05, 0) is 19.3 Å². The summed E-state index contributed by atoms with van der Waals surface area (Å²) in [5.41, 5.74) is -0.125. The summed E-state index contributed by atoms with van der Waals surface area (Å²) < 4.78 is 31.6. The van der Waals surface area contributed by atoms with Crippen LogP contribution in [0.15, 0.2) is 11.2 Å². The van der Waals surface area contributed by atoms with Gasteiger partial charge in [0, 0.05) is 13.2 Å². The third-order valence-electron chi connectivity index (χ3n) is 3.05. The fourth-order valence-corrected chi connectivity index (χ4v) is 2.96. The summed E-state index contributed by atoms with van der Waals surface area (Å²) in [6.45, 7) is 3.87. The molecule has 0 aliphatic carbocycles. The molecule has 0 saturated carbocycles. The van der Waals surface area contributed by atoms with Crippen LogP contribution in [0.3, 0.4) is 0 Å². The number of hydrogen-bond acceptors (Lipinski definition) is 6. The lowest BCUT2D eigenvalue weighted by Gasteiger charge is -2.14. The first kappa shape index (κ1) is 17.6. The molecule has 8 nitrogen and oxygen atoms in total. The number of carbonyl (C=O) groups excluding carboxylic acids is 1. The number of sulfonamides is 1. The topological polar surface area (TPSA) is 121 Å². The van der Waals surface area contributed by atoms with Crippen LogP contribution >= 0.6 is 0 Å². The predicted octanol–water partition coefficient (Wildman–Crippen LogP) is 0.273. The Morgan fingerprint density at radius 1 is 1.52 bits per heavy atom. The lowest BCUT2D eigenvalue weighted by atomic mass is 10.0. The van der Waals surface area contributed by atoms with E-state index in [1.54, 1.807) is 6.92 Å². The van der Waals surface area contributed by atoms with E-state index in [1.165, 1.54) is 0 Å². The summed E-state index contributed by atoms with van der Waals surface area (Å²) in [6.07, 6.45) is 2.36. The van der Waals surface area contributed by atoms with E-state index in [4.69, 9.17) is 9.84 Å². The number of nitrogens with one attached hydrogen (secondary N) is 2. The molecule has 0 saturated heterocycles. The van der Waals surface area contributed by atoms with E-state index in [-0.39, 0.29) is 36.3 Å². The molecule has 1 heterocycles. The van der Waals surface area contributed by atoms with E-state index in [1.807, 2.05) is 6.92 Å². The van der Waals surface area contributed by atoms with E-state index < -0.39 is 16.0 Å². The van der Waals surface area contributed by atoms with Gasteiger partial charge < -0.3 is 9.84 Å². The second-order valence-corrected chi connectivity index (χ2v) is 6.18. The van der Waals surface area contributed by atoms with Crippen molar-refractivity contribution in [1.29, 1.82) is 0 Å². The highest BCUT2D eigenvalue weighted by Crippen LogP contribution is 2.14. The minimum Gasteiger partial charge on any atom is -0.462 e. The summed E-state index contributed by atoms with van der Waals surface area (Å²) in [5.74, 6) is -0.715. The van der Waals surface area contributed by atoms with Crippen LogP contribution in [0.25, 0.3) is 0 Å². The lowest BCUT2D eigenvalue weighted by Crippen LogP contribution is -2.31. The number of rotatable bonds is 9. The molecule has 1 unspecified atom stereocenters. The van der Waals surface area contributed by atoms with E-state index in [0.29, 0.717) is 6.42 Å². The number of aromatic nitrogens is 2. The first-order valence-corrected chi connectivity index (χ1v) is 8.25. The van der Waals surface area contributed by atoms with Crippen molar-refractivity contribution >= 4 is 16.0 Å². The maximum absolute atomic E-state index is 12.2. The van der Waals surface area contributed by atoms with Crippen molar-refractivity contribution in [3.63, 3.8) is 0 Å². The number of nitrogens with zero attached hydrogens (tertiary/aromatic N) is 1. The molecule has 1 rings (SSSR count). The molecule has 0 aromatic carbocycles. The first-order valence-electron chi connectivity index (χ1n) is 6.77. The van der Waals surface area contributed by atoms with Gasteiger partial charge in [0.2, 0.25) is 0 Å². The smallest absolute Gasteiger partial charge is 0.342 e. The summed E-state index contributed by atoms with van der Waals surface area (Å²) in [4.78, 5) is 11.7. The molecule has 120 valence electrons. The number of carbonyl (C=O) groups is 1. The highest BCUT2D eigenvalue weighted by molar-refractivity contribution is 7.89. The monoisotopic (exact) mass is 319 g/mol. The maximum Gasteiger partial charge on any atom is 0.342 e. The standard InChI is InChI=1S/C12H21N3O5S/c1-3-9(5-6-16)7-14-21(18,19)11-10(8-13-15-11)12(17)20-4-2/h8-9,14,16H,3-7H2,1-2H3,(H,13,15). The molecule has 3 N–H and O–H groups in total. The minimum atomic E-state index is -3.88. The molecule has 1 aromatic heterocycles. The van der Waals surface area contributed by atoms with Gasteiger partial charge in [-0.15, -0.1) is 0 Å². The third kappa shape index (κ3) is 4.80. The van der Waals surface area contributed by atoms with Gasteiger partial charge in [-0.2, -0.15) is 5.10 Å². The zero-order valence-electron chi connectivity index (χ0n) is 12.1. The van der Waals surface area contributed by atoms with Gasteiger partial charge in [-0.25, -0.2) is 17.9 Å². The molecule has 0 spiro atoms. The molecular weight excluding hydrogens is 298 g/mol. The summed E-state index contributed by atoms with van der Waals surface area (Å²) in [5, 5.41) is 14.5. The largest absolute Gasteiger partial charge is 0.462 e. The maximum atomic E-state index is 12.2. The number of ether oxygens (including phenoxy) is 1. The van der Waals surface area contributed by atoms with E-state index >= 15 is 0 Å². The van der Waals surface area contributed by atoms with E-state index in [2.05, 4.69) is 14.9 Å².